The minimum absolute atomic E-state index is 0.157. The smallest absolute Gasteiger partial charge is 0.504 e. The van der Waals surface area contributed by atoms with Crippen molar-refractivity contribution in [3.05, 3.63) is 65.4 Å². The Morgan fingerprint density at radius 1 is 0.967 bits per heavy atom. The standard InChI is InChI=1S/C24H27BF2N2O/c1-23(2,3)17-13-16(22(30-25(26)27)19(14-17)24(4,5)6)15-29-21-11-7-10-20-18(21)9-8-12-28-20/h7-15H,1-6H3. The van der Waals surface area contributed by atoms with E-state index >= 15 is 0 Å². The minimum atomic E-state index is -2.92. The largest absolute Gasteiger partial charge is 0.796 e. The third-order valence-corrected chi connectivity index (χ3v) is 4.96. The average molecular weight is 408 g/mol. The van der Waals surface area contributed by atoms with Crippen molar-refractivity contribution >= 4 is 30.3 Å². The van der Waals surface area contributed by atoms with Crippen LogP contribution >= 0.6 is 0 Å². The van der Waals surface area contributed by atoms with E-state index in [0.29, 0.717) is 5.56 Å². The lowest BCUT2D eigenvalue weighted by Gasteiger charge is -2.28. The fraction of sp³-hybridized carbons (Fsp3) is 0.333. The monoisotopic (exact) mass is 408 g/mol. The van der Waals surface area contributed by atoms with Gasteiger partial charge in [0.25, 0.3) is 0 Å². The van der Waals surface area contributed by atoms with Crippen molar-refractivity contribution in [1.29, 1.82) is 0 Å². The van der Waals surface area contributed by atoms with Gasteiger partial charge in [-0.05, 0) is 52.3 Å². The van der Waals surface area contributed by atoms with Gasteiger partial charge in [-0.2, -0.15) is 0 Å². The number of rotatable bonds is 4. The molecule has 0 N–H and O–H groups in total. The molecule has 0 saturated heterocycles. The lowest BCUT2D eigenvalue weighted by molar-refractivity contribution is 0.412. The Labute approximate surface area is 177 Å². The second-order valence-corrected chi connectivity index (χ2v) is 9.43. The van der Waals surface area contributed by atoms with Gasteiger partial charge in [-0.25, -0.2) is 8.63 Å². The molecule has 156 valence electrons. The van der Waals surface area contributed by atoms with Crippen molar-refractivity contribution in [2.75, 3.05) is 0 Å². The second-order valence-electron chi connectivity index (χ2n) is 9.43. The molecule has 6 heteroatoms. The highest BCUT2D eigenvalue weighted by molar-refractivity contribution is 6.35. The summed E-state index contributed by atoms with van der Waals surface area (Å²) in [7, 11) is -2.92. The van der Waals surface area contributed by atoms with Gasteiger partial charge < -0.3 is 4.65 Å². The minimum Gasteiger partial charge on any atom is -0.504 e. The zero-order valence-electron chi connectivity index (χ0n) is 18.3. The van der Waals surface area contributed by atoms with E-state index in [-0.39, 0.29) is 16.6 Å². The number of fused-ring (bicyclic) bond motifs is 1. The van der Waals surface area contributed by atoms with Crippen molar-refractivity contribution in [3.8, 4) is 5.75 Å². The maximum Gasteiger partial charge on any atom is 0.796 e. The molecule has 0 spiro atoms. The molecule has 0 unspecified atom stereocenters. The topological polar surface area (TPSA) is 34.5 Å². The summed E-state index contributed by atoms with van der Waals surface area (Å²) in [5.74, 6) is 0.174. The highest BCUT2D eigenvalue weighted by atomic mass is 19.2. The van der Waals surface area contributed by atoms with Gasteiger partial charge in [0.2, 0.25) is 0 Å². The van der Waals surface area contributed by atoms with E-state index in [1.54, 1.807) is 12.4 Å². The molecule has 0 fully saturated rings. The molecular formula is C24H27BF2N2O. The summed E-state index contributed by atoms with van der Waals surface area (Å²) in [6, 6.07) is 13.3. The second kappa shape index (κ2) is 8.17. The van der Waals surface area contributed by atoms with Crippen LogP contribution in [-0.2, 0) is 10.8 Å². The SMILES string of the molecule is CC(C)(C)c1cc(C=Nc2cccc3ncccc23)c(OB(F)F)c(C(C)(C)C)c1. The predicted octanol–water partition coefficient (Wildman–Crippen LogP) is 6.88. The van der Waals surface area contributed by atoms with E-state index in [0.717, 1.165) is 27.7 Å². The number of hydrogen-bond acceptors (Lipinski definition) is 3. The maximum atomic E-state index is 13.3. The molecule has 0 aliphatic carbocycles. The first kappa shape index (κ1) is 21.9. The molecule has 3 aromatic rings. The van der Waals surface area contributed by atoms with E-state index in [4.69, 9.17) is 4.65 Å². The van der Waals surface area contributed by atoms with E-state index in [2.05, 4.69) is 30.7 Å². The molecule has 0 radical (unpaired) electrons. The fourth-order valence-corrected chi connectivity index (χ4v) is 3.30. The zero-order chi connectivity index (χ0) is 22.1. The highest BCUT2D eigenvalue weighted by Gasteiger charge is 2.29. The molecule has 0 saturated carbocycles. The lowest BCUT2D eigenvalue weighted by atomic mass is 9.79. The Morgan fingerprint density at radius 3 is 2.33 bits per heavy atom. The van der Waals surface area contributed by atoms with Crippen LogP contribution in [0.25, 0.3) is 10.9 Å². The predicted molar refractivity (Wildman–Crippen MR) is 121 cm³/mol. The average Bonchev–Trinajstić information content (AvgIpc) is 2.64. The number of aromatic nitrogens is 1. The van der Waals surface area contributed by atoms with Crippen LogP contribution in [0.2, 0.25) is 0 Å². The van der Waals surface area contributed by atoms with Crippen molar-refractivity contribution < 1.29 is 13.3 Å². The summed E-state index contributed by atoms with van der Waals surface area (Å²) < 4.78 is 31.6. The van der Waals surface area contributed by atoms with Crippen LogP contribution in [0.5, 0.6) is 5.75 Å². The normalized spacial score (nSPS) is 12.5. The molecule has 30 heavy (non-hydrogen) atoms. The molecule has 2 aromatic carbocycles. The Morgan fingerprint density at radius 2 is 1.70 bits per heavy atom. The number of halogens is 2. The summed E-state index contributed by atoms with van der Waals surface area (Å²) in [5, 5.41) is 0.899. The van der Waals surface area contributed by atoms with Gasteiger partial charge in [0.05, 0.1) is 11.2 Å². The highest BCUT2D eigenvalue weighted by Crippen LogP contribution is 2.38. The molecule has 0 aliphatic heterocycles. The van der Waals surface area contributed by atoms with Crippen LogP contribution in [-0.4, -0.2) is 18.7 Å². The molecule has 1 aromatic heterocycles. The lowest BCUT2D eigenvalue weighted by Crippen LogP contribution is -2.21. The van der Waals surface area contributed by atoms with Gasteiger partial charge in [0.15, 0.2) is 0 Å². The summed E-state index contributed by atoms with van der Waals surface area (Å²) in [5.41, 5.74) is 3.32. The number of benzene rings is 2. The fourth-order valence-electron chi connectivity index (χ4n) is 3.30. The molecule has 3 rings (SSSR count). The van der Waals surface area contributed by atoms with E-state index in [9.17, 15) is 8.63 Å². The first-order chi connectivity index (χ1) is 14.0. The summed E-state index contributed by atoms with van der Waals surface area (Å²) in [6.45, 7) is 12.3. The van der Waals surface area contributed by atoms with Gasteiger partial charge >= 0.3 is 7.47 Å². The third kappa shape index (κ3) is 4.86. The summed E-state index contributed by atoms with van der Waals surface area (Å²) in [6.07, 6.45) is 3.34. The summed E-state index contributed by atoms with van der Waals surface area (Å²) >= 11 is 0. The number of aliphatic imine (C=N–C) groups is 1. The maximum absolute atomic E-state index is 13.3. The Hall–Kier alpha value is -2.76. The van der Waals surface area contributed by atoms with Crippen LogP contribution in [0.3, 0.4) is 0 Å². The summed E-state index contributed by atoms with van der Waals surface area (Å²) in [4.78, 5) is 8.98. The van der Waals surface area contributed by atoms with E-state index in [1.807, 2.05) is 63.2 Å². The van der Waals surface area contributed by atoms with Crippen LogP contribution in [0, 0.1) is 0 Å². The van der Waals surface area contributed by atoms with Crippen LogP contribution < -0.4 is 4.65 Å². The van der Waals surface area contributed by atoms with Gasteiger partial charge in [0, 0.05) is 23.4 Å². The van der Waals surface area contributed by atoms with Gasteiger partial charge in [-0.1, -0.05) is 53.7 Å². The molecule has 3 nitrogen and oxygen atoms in total. The van der Waals surface area contributed by atoms with Crippen molar-refractivity contribution in [3.63, 3.8) is 0 Å². The zero-order valence-corrected chi connectivity index (χ0v) is 18.3. The molecule has 0 aliphatic rings. The Kier molecular flexibility index (Phi) is 5.98. The molecule has 1 heterocycles. The first-order valence-electron chi connectivity index (χ1n) is 9.98. The number of hydrogen-bond donors (Lipinski definition) is 0. The van der Waals surface area contributed by atoms with E-state index in [1.165, 1.54) is 0 Å². The molecule has 0 amide bonds. The van der Waals surface area contributed by atoms with Crippen LogP contribution in [0.15, 0.2) is 53.7 Å². The van der Waals surface area contributed by atoms with Gasteiger partial charge in [-0.3, -0.25) is 9.98 Å². The Balaban J connectivity index is 2.21. The van der Waals surface area contributed by atoms with Crippen molar-refractivity contribution in [2.45, 2.75) is 52.4 Å². The van der Waals surface area contributed by atoms with Gasteiger partial charge in [-0.15, -0.1) is 0 Å². The van der Waals surface area contributed by atoms with Crippen LogP contribution in [0.1, 0.15) is 58.2 Å². The molecule has 0 atom stereocenters. The van der Waals surface area contributed by atoms with Crippen molar-refractivity contribution in [1.82, 2.24) is 4.98 Å². The van der Waals surface area contributed by atoms with Gasteiger partial charge in [0.1, 0.15) is 5.75 Å². The number of pyridine rings is 1. The van der Waals surface area contributed by atoms with Crippen molar-refractivity contribution in [2.24, 2.45) is 4.99 Å². The molecule has 0 bridgehead atoms. The first-order valence-corrected chi connectivity index (χ1v) is 9.98. The quantitative estimate of drug-likeness (QED) is 0.348. The van der Waals surface area contributed by atoms with Crippen LogP contribution in [0.4, 0.5) is 14.3 Å². The third-order valence-electron chi connectivity index (χ3n) is 4.96. The van der Waals surface area contributed by atoms with E-state index < -0.39 is 7.47 Å². The number of nitrogens with zero attached hydrogens (tertiary/aromatic N) is 2. The molecular weight excluding hydrogens is 381 g/mol. The Bertz CT molecular complexity index is 1080.